The quantitative estimate of drug-likeness (QED) is 0.593. The maximum atomic E-state index is 6.46. The van der Waals surface area contributed by atoms with Crippen LogP contribution in [-0.2, 0) is 6.42 Å². The number of hydrogen-bond donors (Lipinski definition) is 0. The molecule has 0 radical (unpaired) electrons. The second-order valence-corrected chi connectivity index (χ2v) is 7.15. The molecule has 1 aliphatic heterocycles. The van der Waals surface area contributed by atoms with E-state index in [1.54, 1.807) is 0 Å². The molecule has 0 amide bonds. The first-order valence-electron chi connectivity index (χ1n) is 7.77. The highest BCUT2D eigenvalue weighted by atomic mass is 35.5. The number of hydrogen-bond acceptors (Lipinski definition) is 2. The van der Waals surface area contributed by atoms with E-state index in [9.17, 15) is 0 Å². The first kappa shape index (κ1) is 14.5. The van der Waals surface area contributed by atoms with Gasteiger partial charge in [0, 0.05) is 10.6 Å². The molecule has 4 heteroatoms. The molecule has 2 heterocycles. The van der Waals surface area contributed by atoms with Crippen molar-refractivity contribution in [3.05, 3.63) is 64.4 Å². The van der Waals surface area contributed by atoms with E-state index in [2.05, 4.69) is 54.6 Å². The summed E-state index contributed by atoms with van der Waals surface area (Å²) >= 11 is 6.46. The molecular weight excluding hydrogens is 306 g/mol. The van der Waals surface area contributed by atoms with E-state index in [4.69, 9.17) is 16.6 Å². The van der Waals surface area contributed by atoms with Gasteiger partial charge >= 0.3 is 0 Å². The fourth-order valence-electron chi connectivity index (χ4n) is 3.30. The summed E-state index contributed by atoms with van der Waals surface area (Å²) in [6, 6.07) is 12.3. The summed E-state index contributed by atoms with van der Waals surface area (Å²) in [5.41, 5.74) is 5.34. The first-order valence-corrected chi connectivity index (χ1v) is 8.15. The Balaban J connectivity index is 2.02. The molecule has 0 saturated heterocycles. The average molecular weight is 324 g/mol. The molecule has 1 aliphatic rings. The molecule has 23 heavy (non-hydrogen) atoms. The highest BCUT2D eigenvalue weighted by Gasteiger charge is 2.29. The fourth-order valence-corrected chi connectivity index (χ4v) is 3.54. The van der Waals surface area contributed by atoms with Crippen molar-refractivity contribution in [3.8, 4) is 0 Å². The molecule has 0 saturated carbocycles. The third-order valence-electron chi connectivity index (χ3n) is 4.38. The summed E-state index contributed by atoms with van der Waals surface area (Å²) in [5, 5.41) is 0.809. The topological polar surface area (TPSA) is 30.2 Å². The van der Waals surface area contributed by atoms with E-state index in [0.717, 1.165) is 33.9 Å². The summed E-state index contributed by atoms with van der Waals surface area (Å²) < 4.78 is 2.08. The van der Waals surface area contributed by atoms with Crippen LogP contribution >= 0.6 is 11.6 Å². The molecule has 0 aliphatic carbocycles. The van der Waals surface area contributed by atoms with Crippen molar-refractivity contribution < 1.29 is 0 Å². The summed E-state index contributed by atoms with van der Waals surface area (Å²) in [5.74, 6) is 0.923. The molecule has 2 aromatic carbocycles. The third kappa shape index (κ3) is 2.27. The molecule has 0 atom stereocenters. The van der Waals surface area contributed by atoms with Gasteiger partial charge < -0.3 is 0 Å². The van der Waals surface area contributed by atoms with Crippen LogP contribution < -0.4 is 0 Å². The van der Waals surface area contributed by atoms with Gasteiger partial charge in [0.05, 0.1) is 16.6 Å². The monoisotopic (exact) mass is 323 g/mol. The highest BCUT2D eigenvalue weighted by Crippen LogP contribution is 2.33. The Morgan fingerprint density at radius 1 is 1.13 bits per heavy atom. The molecule has 4 rings (SSSR count). The minimum absolute atomic E-state index is 0.187. The van der Waals surface area contributed by atoms with E-state index in [0.29, 0.717) is 0 Å². The zero-order valence-electron chi connectivity index (χ0n) is 13.5. The van der Waals surface area contributed by atoms with Gasteiger partial charge in [-0.25, -0.2) is 4.98 Å². The Labute approximate surface area is 140 Å². The third-order valence-corrected chi connectivity index (χ3v) is 4.74. The summed E-state index contributed by atoms with van der Waals surface area (Å²) in [6.07, 6.45) is 2.71. The largest absolute Gasteiger partial charge is 0.283 e. The fraction of sp³-hybridized carbons (Fsp3) is 0.263. The van der Waals surface area contributed by atoms with Crippen LogP contribution in [0.15, 0.2) is 47.7 Å². The van der Waals surface area contributed by atoms with Crippen molar-refractivity contribution in [3.63, 3.8) is 0 Å². The van der Waals surface area contributed by atoms with Crippen molar-refractivity contribution in [2.24, 2.45) is 4.99 Å². The second-order valence-electron chi connectivity index (χ2n) is 6.75. The molecule has 0 fully saturated rings. The van der Waals surface area contributed by atoms with Crippen LogP contribution in [0.2, 0.25) is 5.02 Å². The molecule has 0 N–H and O–H groups in total. The molecular formula is C19H18ClN3. The molecule has 0 bridgehead atoms. The lowest BCUT2D eigenvalue weighted by Gasteiger charge is -2.30. The molecule has 3 aromatic rings. The van der Waals surface area contributed by atoms with Crippen molar-refractivity contribution in [2.75, 3.05) is 0 Å². The lowest BCUT2D eigenvalue weighted by atomic mass is 9.88. The van der Waals surface area contributed by atoms with Gasteiger partial charge in [-0.2, -0.15) is 0 Å². The van der Waals surface area contributed by atoms with E-state index < -0.39 is 0 Å². The number of para-hydroxylation sites is 1. The number of aryl methyl sites for hydroxylation is 1. The standard InChI is InChI=1S/C19H18ClN3/c1-12-6-4-9-16-17(12)21-11-23(16)18-13-7-5-8-15(20)14(13)10-19(2,3)22-18/h4-9,11H,10H2,1-3H3. The predicted molar refractivity (Wildman–Crippen MR) is 95.6 cm³/mol. The van der Waals surface area contributed by atoms with E-state index in [1.165, 1.54) is 11.1 Å². The zero-order chi connectivity index (χ0) is 16.2. The van der Waals surface area contributed by atoms with Gasteiger partial charge in [0.15, 0.2) is 0 Å². The Kier molecular flexibility index (Phi) is 3.10. The van der Waals surface area contributed by atoms with Crippen LogP contribution in [0, 0.1) is 6.92 Å². The number of benzene rings is 2. The summed E-state index contributed by atoms with van der Waals surface area (Å²) in [4.78, 5) is 9.59. The number of halogens is 1. The van der Waals surface area contributed by atoms with E-state index >= 15 is 0 Å². The van der Waals surface area contributed by atoms with Crippen molar-refractivity contribution in [1.29, 1.82) is 0 Å². The maximum absolute atomic E-state index is 6.46. The van der Waals surface area contributed by atoms with Gasteiger partial charge in [-0.05, 0) is 50.5 Å². The van der Waals surface area contributed by atoms with Gasteiger partial charge in [0.1, 0.15) is 12.2 Å². The molecule has 0 spiro atoms. The van der Waals surface area contributed by atoms with Crippen LogP contribution in [0.5, 0.6) is 0 Å². The van der Waals surface area contributed by atoms with E-state index in [1.807, 2.05) is 18.5 Å². The lowest BCUT2D eigenvalue weighted by Crippen LogP contribution is -2.32. The van der Waals surface area contributed by atoms with Crippen LogP contribution in [0.1, 0.15) is 30.5 Å². The van der Waals surface area contributed by atoms with Gasteiger partial charge in [0.2, 0.25) is 0 Å². The second kappa shape index (κ2) is 4.93. The van der Waals surface area contributed by atoms with Crippen molar-refractivity contribution in [1.82, 2.24) is 9.55 Å². The Bertz CT molecular complexity index is 950. The molecule has 0 unspecified atom stereocenters. The minimum atomic E-state index is -0.187. The van der Waals surface area contributed by atoms with Crippen LogP contribution in [0.4, 0.5) is 0 Å². The SMILES string of the molecule is Cc1cccc2c1ncn2C1=NC(C)(C)Cc2c(Cl)cccc21. The first-order chi connectivity index (χ1) is 11.0. The number of aromatic nitrogens is 2. The highest BCUT2D eigenvalue weighted by molar-refractivity contribution is 6.32. The number of fused-ring (bicyclic) bond motifs is 2. The maximum Gasteiger partial charge on any atom is 0.141 e. The Hall–Kier alpha value is -2.13. The van der Waals surface area contributed by atoms with Crippen LogP contribution in [0.25, 0.3) is 11.0 Å². The number of imidazole rings is 1. The van der Waals surface area contributed by atoms with Gasteiger partial charge in [-0.3, -0.25) is 9.56 Å². The van der Waals surface area contributed by atoms with Gasteiger partial charge in [-0.15, -0.1) is 0 Å². The van der Waals surface area contributed by atoms with Crippen LogP contribution in [0.3, 0.4) is 0 Å². The molecule has 1 aromatic heterocycles. The minimum Gasteiger partial charge on any atom is -0.283 e. The Morgan fingerprint density at radius 3 is 2.74 bits per heavy atom. The molecule has 116 valence electrons. The van der Waals surface area contributed by atoms with E-state index in [-0.39, 0.29) is 5.54 Å². The predicted octanol–water partition coefficient (Wildman–Crippen LogP) is 4.63. The number of nitrogens with zero attached hydrogens (tertiary/aromatic N) is 3. The van der Waals surface area contributed by atoms with Gasteiger partial charge in [-0.1, -0.05) is 35.9 Å². The number of rotatable bonds is 0. The average Bonchev–Trinajstić information content (AvgIpc) is 2.92. The lowest BCUT2D eigenvalue weighted by molar-refractivity contribution is 0.510. The smallest absolute Gasteiger partial charge is 0.141 e. The molecule has 3 nitrogen and oxygen atoms in total. The normalized spacial score (nSPS) is 16.3. The van der Waals surface area contributed by atoms with Gasteiger partial charge in [0.25, 0.3) is 0 Å². The zero-order valence-corrected chi connectivity index (χ0v) is 14.2. The summed E-state index contributed by atoms with van der Waals surface area (Å²) in [7, 11) is 0. The van der Waals surface area contributed by atoms with Crippen molar-refractivity contribution in [2.45, 2.75) is 32.7 Å². The van der Waals surface area contributed by atoms with Crippen molar-refractivity contribution >= 4 is 28.5 Å². The van der Waals surface area contributed by atoms with Crippen LogP contribution in [-0.4, -0.2) is 20.9 Å². The number of aliphatic imine (C=N–C) groups is 1. The summed E-state index contributed by atoms with van der Waals surface area (Å²) in [6.45, 7) is 6.37. The Morgan fingerprint density at radius 2 is 1.91 bits per heavy atom.